The Morgan fingerprint density at radius 1 is 1.00 bits per heavy atom. The summed E-state index contributed by atoms with van der Waals surface area (Å²) in [6, 6.07) is 9.39. The fourth-order valence-electron chi connectivity index (χ4n) is 1.46. The first-order valence-electron chi connectivity index (χ1n) is 4.77. The fraction of sp³-hybridized carbons (Fsp3) is 0.0833. The molecule has 0 spiro atoms. The molecule has 0 amide bonds. The number of rotatable bonds is 1. The molecule has 0 saturated carbocycles. The van der Waals surface area contributed by atoms with Crippen LogP contribution in [-0.2, 0) is 6.18 Å². The normalized spacial score (nSPS) is 11.5. The van der Waals surface area contributed by atoms with E-state index in [9.17, 15) is 13.2 Å². The van der Waals surface area contributed by atoms with Gasteiger partial charge in [-0.1, -0.05) is 41.9 Å². The summed E-state index contributed by atoms with van der Waals surface area (Å²) in [7, 11) is 0. The van der Waals surface area contributed by atoms with Gasteiger partial charge in [-0.15, -0.1) is 0 Å². The van der Waals surface area contributed by atoms with Crippen LogP contribution < -0.4 is 0 Å². The van der Waals surface area contributed by atoms with Gasteiger partial charge < -0.3 is 0 Å². The second kappa shape index (κ2) is 4.37. The minimum absolute atomic E-state index is 0.141. The first-order chi connectivity index (χ1) is 8.00. The lowest BCUT2D eigenvalue weighted by Gasteiger charge is -2.11. The van der Waals surface area contributed by atoms with E-state index in [0.717, 1.165) is 12.3 Å². The molecule has 5 heteroatoms. The van der Waals surface area contributed by atoms with E-state index in [4.69, 9.17) is 11.6 Å². The lowest BCUT2D eigenvalue weighted by Crippen LogP contribution is -2.07. The summed E-state index contributed by atoms with van der Waals surface area (Å²) in [6.07, 6.45) is -3.36. The third-order valence-electron chi connectivity index (χ3n) is 2.24. The second-order valence-corrected chi connectivity index (χ2v) is 3.76. The minimum Gasteiger partial charge on any atom is -0.255 e. The summed E-state index contributed by atoms with van der Waals surface area (Å²) >= 11 is 5.75. The number of hydrogen-bond acceptors (Lipinski definition) is 1. The number of alkyl halides is 3. The van der Waals surface area contributed by atoms with E-state index in [-0.39, 0.29) is 10.7 Å². The van der Waals surface area contributed by atoms with Gasteiger partial charge in [0.2, 0.25) is 0 Å². The molecule has 0 atom stereocenters. The van der Waals surface area contributed by atoms with Crippen molar-refractivity contribution in [3.63, 3.8) is 0 Å². The number of pyridine rings is 1. The minimum atomic E-state index is -4.47. The summed E-state index contributed by atoms with van der Waals surface area (Å²) in [6.45, 7) is 0. The Balaban J connectivity index is 2.58. The molecule has 0 radical (unpaired) electrons. The van der Waals surface area contributed by atoms with Gasteiger partial charge in [0.15, 0.2) is 0 Å². The van der Waals surface area contributed by atoms with Crippen LogP contribution in [0, 0.1) is 0 Å². The van der Waals surface area contributed by atoms with Gasteiger partial charge in [0.1, 0.15) is 0 Å². The van der Waals surface area contributed by atoms with E-state index in [1.54, 1.807) is 30.3 Å². The van der Waals surface area contributed by atoms with Crippen LogP contribution in [0.4, 0.5) is 13.2 Å². The van der Waals surface area contributed by atoms with Gasteiger partial charge in [-0.25, -0.2) is 0 Å². The zero-order valence-corrected chi connectivity index (χ0v) is 9.26. The highest BCUT2D eigenvalue weighted by Crippen LogP contribution is 2.38. The zero-order valence-electron chi connectivity index (χ0n) is 8.50. The van der Waals surface area contributed by atoms with E-state index in [1.165, 1.54) is 0 Å². The van der Waals surface area contributed by atoms with E-state index in [2.05, 4.69) is 4.98 Å². The average molecular weight is 258 g/mol. The maximum Gasteiger partial charge on any atom is 0.417 e. The molecule has 0 aliphatic heterocycles. The summed E-state index contributed by atoms with van der Waals surface area (Å²) in [5.74, 6) is 0. The molecule has 0 bridgehead atoms. The lowest BCUT2D eigenvalue weighted by atomic mass is 10.1. The maximum atomic E-state index is 12.6. The highest BCUT2D eigenvalue weighted by Gasteiger charge is 2.34. The van der Waals surface area contributed by atoms with Crippen LogP contribution in [-0.4, -0.2) is 4.98 Å². The highest BCUT2D eigenvalue weighted by molar-refractivity contribution is 6.33. The van der Waals surface area contributed by atoms with Crippen LogP contribution in [0.5, 0.6) is 0 Å². The first kappa shape index (κ1) is 11.9. The summed E-state index contributed by atoms with van der Waals surface area (Å²) in [5, 5.41) is -0.369. The molecule has 0 aliphatic rings. The Bertz CT molecular complexity index is 523. The lowest BCUT2D eigenvalue weighted by molar-refractivity contribution is -0.137. The molecule has 0 N–H and O–H groups in total. The van der Waals surface area contributed by atoms with Gasteiger partial charge in [0.05, 0.1) is 16.3 Å². The van der Waals surface area contributed by atoms with Crippen molar-refractivity contribution < 1.29 is 13.2 Å². The number of nitrogens with zero attached hydrogens (tertiary/aromatic N) is 1. The Labute approximate surface area is 101 Å². The van der Waals surface area contributed by atoms with Crippen molar-refractivity contribution in [2.75, 3.05) is 0 Å². The van der Waals surface area contributed by atoms with Crippen LogP contribution >= 0.6 is 11.6 Å². The monoisotopic (exact) mass is 257 g/mol. The van der Waals surface area contributed by atoms with Crippen molar-refractivity contribution in [3.05, 3.63) is 53.2 Å². The quantitative estimate of drug-likeness (QED) is 0.737. The molecule has 1 heterocycles. The molecule has 0 fully saturated rings. The third kappa shape index (κ3) is 2.42. The van der Waals surface area contributed by atoms with Crippen molar-refractivity contribution in [2.45, 2.75) is 6.18 Å². The first-order valence-corrected chi connectivity index (χ1v) is 5.15. The molecule has 0 aliphatic carbocycles. The van der Waals surface area contributed by atoms with Crippen molar-refractivity contribution in [1.82, 2.24) is 4.98 Å². The number of halogens is 4. The fourth-order valence-corrected chi connectivity index (χ4v) is 1.79. The van der Waals surface area contributed by atoms with Gasteiger partial charge in [-0.3, -0.25) is 4.98 Å². The van der Waals surface area contributed by atoms with E-state index in [1.807, 2.05) is 0 Å². The third-order valence-corrected chi connectivity index (χ3v) is 2.62. The Morgan fingerprint density at radius 3 is 2.24 bits per heavy atom. The van der Waals surface area contributed by atoms with Crippen LogP contribution in [0.25, 0.3) is 11.3 Å². The van der Waals surface area contributed by atoms with Gasteiger partial charge in [-0.2, -0.15) is 13.2 Å². The van der Waals surface area contributed by atoms with Crippen LogP contribution in [0.3, 0.4) is 0 Å². The van der Waals surface area contributed by atoms with Crippen LogP contribution in [0.1, 0.15) is 5.56 Å². The molecule has 1 aromatic carbocycles. The van der Waals surface area contributed by atoms with Crippen molar-refractivity contribution >= 4 is 11.6 Å². The molecular formula is C12H7ClF3N. The van der Waals surface area contributed by atoms with Gasteiger partial charge in [0, 0.05) is 11.8 Å². The maximum absolute atomic E-state index is 12.6. The van der Waals surface area contributed by atoms with Crippen molar-refractivity contribution in [2.24, 2.45) is 0 Å². The van der Waals surface area contributed by atoms with Crippen LogP contribution in [0.2, 0.25) is 5.02 Å². The Hall–Kier alpha value is -1.55. The highest BCUT2D eigenvalue weighted by atomic mass is 35.5. The van der Waals surface area contributed by atoms with Gasteiger partial charge >= 0.3 is 6.18 Å². The summed E-state index contributed by atoms with van der Waals surface area (Å²) in [4.78, 5) is 3.89. The number of benzene rings is 1. The van der Waals surface area contributed by atoms with E-state index >= 15 is 0 Å². The molecular weight excluding hydrogens is 251 g/mol. The average Bonchev–Trinajstić information content (AvgIpc) is 2.29. The molecule has 88 valence electrons. The zero-order chi connectivity index (χ0) is 12.5. The van der Waals surface area contributed by atoms with Crippen molar-refractivity contribution in [3.8, 4) is 11.3 Å². The standard InChI is InChI=1S/C12H7ClF3N/c13-10-9(12(14,15)16)6-7-17-11(10)8-4-2-1-3-5-8/h1-7H. The Morgan fingerprint density at radius 2 is 1.65 bits per heavy atom. The van der Waals surface area contributed by atoms with E-state index in [0.29, 0.717) is 5.56 Å². The predicted molar refractivity (Wildman–Crippen MR) is 59.7 cm³/mol. The Kier molecular flexibility index (Phi) is 3.07. The molecule has 17 heavy (non-hydrogen) atoms. The molecule has 0 saturated heterocycles. The van der Waals surface area contributed by atoms with Gasteiger partial charge in [-0.05, 0) is 6.07 Å². The predicted octanol–water partition coefficient (Wildman–Crippen LogP) is 4.42. The smallest absolute Gasteiger partial charge is 0.255 e. The molecule has 2 rings (SSSR count). The summed E-state index contributed by atoms with van der Waals surface area (Å²) < 4.78 is 37.9. The molecule has 1 aromatic heterocycles. The van der Waals surface area contributed by atoms with Gasteiger partial charge in [0.25, 0.3) is 0 Å². The SMILES string of the molecule is FC(F)(F)c1ccnc(-c2ccccc2)c1Cl. The van der Waals surface area contributed by atoms with E-state index < -0.39 is 11.7 Å². The second-order valence-electron chi connectivity index (χ2n) is 3.38. The van der Waals surface area contributed by atoms with Crippen molar-refractivity contribution in [1.29, 1.82) is 0 Å². The number of aromatic nitrogens is 1. The topological polar surface area (TPSA) is 12.9 Å². The molecule has 2 aromatic rings. The van der Waals surface area contributed by atoms with Crippen LogP contribution in [0.15, 0.2) is 42.6 Å². The molecule has 1 nitrogen and oxygen atoms in total. The molecule has 0 unspecified atom stereocenters. The number of hydrogen-bond donors (Lipinski definition) is 0. The summed E-state index contributed by atoms with van der Waals surface area (Å²) in [5.41, 5.74) is -0.168. The largest absolute Gasteiger partial charge is 0.417 e.